The van der Waals surface area contributed by atoms with Gasteiger partial charge in [-0.2, -0.15) is 0 Å². The van der Waals surface area contributed by atoms with Crippen molar-refractivity contribution in [2.75, 3.05) is 24.9 Å². The Morgan fingerprint density at radius 2 is 1.77 bits per heavy atom. The molecule has 140 valence electrons. The van der Waals surface area contributed by atoms with Crippen molar-refractivity contribution in [1.29, 1.82) is 0 Å². The van der Waals surface area contributed by atoms with Crippen LogP contribution < -0.4 is 20.5 Å². The molecule has 8 heteroatoms. The van der Waals surface area contributed by atoms with E-state index >= 15 is 0 Å². The number of anilines is 1. The molecule has 2 aromatic carbocycles. The predicted molar refractivity (Wildman–Crippen MR) is 101 cm³/mol. The number of methoxy groups -OCH3 is 1. The van der Waals surface area contributed by atoms with Crippen LogP contribution in [0.4, 0.5) is 5.69 Å². The minimum Gasteiger partial charge on any atom is -0.495 e. The average Bonchev–Trinajstić information content (AvgIpc) is 2.65. The van der Waals surface area contributed by atoms with Gasteiger partial charge >= 0.3 is 0 Å². The van der Waals surface area contributed by atoms with Gasteiger partial charge in [-0.1, -0.05) is 12.1 Å². The first-order chi connectivity index (χ1) is 12.5. The van der Waals surface area contributed by atoms with Gasteiger partial charge in [0.2, 0.25) is 0 Å². The first-order valence-corrected chi connectivity index (χ1v) is 9.70. The number of nitrogens with one attached hydrogen (secondary N) is 2. The van der Waals surface area contributed by atoms with E-state index in [9.17, 15) is 13.2 Å². The zero-order valence-electron chi connectivity index (χ0n) is 14.6. The second kappa shape index (κ2) is 9.21. The lowest BCUT2D eigenvalue weighted by atomic mass is 10.2. The lowest BCUT2D eigenvalue weighted by molar-refractivity contribution is 0.0953. The lowest BCUT2D eigenvalue weighted by Crippen LogP contribution is -2.25. The highest BCUT2D eigenvalue weighted by atomic mass is 32.2. The lowest BCUT2D eigenvalue weighted by Gasteiger charge is -2.12. The molecule has 0 aliphatic carbocycles. The summed E-state index contributed by atoms with van der Waals surface area (Å²) in [7, 11) is -2.32. The van der Waals surface area contributed by atoms with E-state index in [2.05, 4.69) is 10.0 Å². The molecule has 1 amide bonds. The quantitative estimate of drug-likeness (QED) is 0.579. The molecule has 0 bridgehead atoms. The van der Waals surface area contributed by atoms with Crippen LogP contribution in [0.1, 0.15) is 23.2 Å². The molecule has 0 aliphatic rings. The number of carbonyl (C=O) groups is 1. The van der Waals surface area contributed by atoms with Crippen LogP contribution in [0.3, 0.4) is 0 Å². The largest absolute Gasteiger partial charge is 0.495 e. The molecule has 0 aliphatic heterocycles. The van der Waals surface area contributed by atoms with Crippen molar-refractivity contribution in [3.05, 3.63) is 54.1 Å². The van der Waals surface area contributed by atoms with E-state index in [0.29, 0.717) is 30.1 Å². The topological polar surface area (TPSA) is 111 Å². The van der Waals surface area contributed by atoms with Gasteiger partial charge in [0, 0.05) is 12.1 Å². The van der Waals surface area contributed by atoms with Gasteiger partial charge in [0.1, 0.15) is 5.75 Å². The second-order valence-electron chi connectivity index (χ2n) is 5.58. The Morgan fingerprint density at radius 1 is 1.08 bits per heavy atom. The summed E-state index contributed by atoms with van der Waals surface area (Å²) in [4.78, 5) is 12.1. The van der Waals surface area contributed by atoms with Crippen LogP contribution >= 0.6 is 0 Å². The Hall–Kier alpha value is -2.58. The van der Waals surface area contributed by atoms with Crippen LogP contribution in [0.2, 0.25) is 0 Å². The number of hydrogen-bond acceptors (Lipinski definition) is 5. The highest BCUT2D eigenvalue weighted by molar-refractivity contribution is 7.92. The van der Waals surface area contributed by atoms with Gasteiger partial charge in [0.25, 0.3) is 15.9 Å². The molecule has 0 saturated carbocycles. The van der Waals surface area contributed by atoms with E-state index in [4.69, 9.17) is 10.5 Å². The first kappa shape index (κ1) is 19.7. The van der Waals surface area contributed by atoms with Crippen molar-refractivity contribution in [3.63, 3.8) is 0 Å². The molecule has 26 heavy (non-hydrogen) atoms. The van der Waals surface area contributed by atoms with Crippen molar-refractivity contribution in [2.24, 2.45) is 5.73 Å². The Balaban J connectivity index is 2.07. The minimum atomic E-state index is -3.79. The van der Waals surface area contributed by atoms with E-state index in [1.54, 1.807) is 24.3 Å². The summed E-state index contributed by atoms with van der Waals surface area (Å²) < 4.78 is 32.7. The SMILES string of the molecule is COc1ccccc1NS(=O)(=O)c1ccc(C(=O)NCCCCN)cc1. The van der Waals surface area contributed by atoms with E-state index < -0.39 is 10.0 Å². The summed E-state index contributed by atoms with van der Waals surface area (Å²) in [5.74, 6) is 0.174. The van der Waals surface area contributed by atoms with Gasteiger partial charge < -0.3 is 15.8 Å². The fourth-order valence-corrected chi connectivity index (χ4v) is 3.36. The summed E-state index contributed by atoms with van der Waals surface area (Å²) >= 11 is 0. The van der Waals surface area contributed by atoms with Crippen LogP contribution in [-0.2, 0) is 10.0 Å². The van der Waals surface area contributed by atoms with Crippen LogP contribution in [0.15, 0.2) is 53.4 Å². The number of hydrogen-bond donors (Lipinski definition) is 3. The maximum absolute atomic E-state index is 12.5. The average molecular weight is 377 g/mol. The number of amides is 1. The van der Waals surface area contributed by atoms with Crippen molar-refractivity contribution >= 4 is 21.6 Å². The van der Waals surface area contributed by atoms with Crippen LogP contribution in [-0.4, -0.2) is 34.5 Å². The van der Waals surface area contributed by atoms with Crippen molar-refractivity contribution in [3.8, 4) is 5.75 Å². The number of para-hydroxylation sites is 2. The number of ether oxygens (including phenoxy) is 1. The highest BCUT2D eigenvalue weighted by Crippen LogP contribution is 2.26. The number of nitrogens with two attached hydrogens (primary N) is 1. The van der Waals surface area contributed by atoms with Gasteiger partial charge in [-0.25, -0.2) is 8.42 Å². The summed E-state index contributed by atoms with van der Waals surface area (Å²) in [6.07, 6.45) is 1.64. The first-order valence-electron chi connectivity index (χ1n) is 8.22. The third-order valence-electron chi connectivity index (χ3n) is 3.69. The van der Waals surface area contributed by atoms with Crippen LogP contribution in [0.25, 0.3) is 0 Å². The molecular formula is C18H23N3O4S. The summed E-state index contributed by atoms with van der Waals surface area (Å²) in [6.45, 7) is 1.12. The standard InChI is InChI=1S/C18H23N3O4S/c1-25-17-7-3-2-6-16(17)21-26(23,24)15-10-8-14(9-11-15)18(22)20-13-5-4-12-19/h2-3,6-11,21H,4-5,12-13,19H2,1H3,(H,20,22). The molecule has 0 heterocycles. The van der Waals surface area contributed by atoms with Gasteiger partial charge in [-0.15, -0.1) is 0 Å². The molecule has 0 fully saturated rings. The number of unbranched alkanes of at least 4 members (excludes halogenated alkanes) is 1. The molecule has 2 aromatic rings. The molecule has 2 rings (SSSR count). The summed E-state index contributed by atoms with van der Waals surface area (Å²) in [6, 6.07) is 12.5. The zero-order chi connectivity index (χ0) is 19.0. The van der Waals surface area contributed by atoms with Crippen molar-refractivity contribution < 1.29 is 17.9 Å². The normalized spacial score (nSPS) is 11.0. The maximum Gasteiger partial charge on any atom is 0.262 e. The predicted octanol–water partition coefficient (Wildman–Crippen LogP) is 1.96. The molecule has 0 unspecified atom stereocenters. The Kier molecular flexibility index (Phi) is 6.99. The number of carbonyl (C=O) groups excluding carboxylic acids is 1. The number of benzene rings is 2. The Morgan fingerprint density at radius 3 is 2.42 bits per heavy atom. The highest BCUT2D eigenvalue weighted by Gasteiger charge is 2.17. The van der Waals surface area contributed by atoms with Crippen LogP contribution in [0.5, 0.6) is 5.75 Å². The molecule has 4 N–H and O–H groups in total. The van der Waals surface area contributed by atoms with Gasteiger partial charge in [-0.3, -0.25) is 9.52 Å². The second-order valence-corrected chi connectivity index (χ2v) is 7.26. The number of rotatable bonds is 9. The van der Waals surface area contributed by atoms with E-state index in [0.717, 1.165) is 12.8 Å². The summed E-state index contributed by atoms with van der Waals surface area (Å²) in [5.41, 5.74) is 6.15. The molecule has 0 radical (unpaired) electrons. The smallest absolute Gasteiger partial charge is 0.262 e. The zero-order valence-corrected chi connectivity index (χ0v) is 15.4. The fourth-order valence-electron chi connectivity index (χ4n) is 2.29. The van der Waals surface area contributed by atoms with E-state index in [-0.39, 0.29) is 10.8 Å². The Bertz CT molecular complexity index is 836. The fraction of sp³-hybridized carbons (Fsp3) is 0.278. The number of sulfonamides is 1. The van der Waals surface area contributed by atoms with Gasteiger partial charge in [-0.05, 0) is 55.8 Å². The minimum absolute atomic E-state index is 0.0584. The van der Waals surface area contributed by atoms with Crippen LogP contribution in [0, 0.1) is 0 Å². The third-order valence-corrected chi connectivity index (χ3v) is 5.08. The van der Waals surface area contributed by atoms with E-state index in [1.807, 2.05) is 0 Å². The van der Waals surface area contributed by atoms with Crippen molar-refractivity contribution in [2.45, 2.75) is 17.7 Å². The monoisotopic (exact) mass is 377 g/mol. The van der Waals surface area contributed by atoms with Crippen molar-refractivity contribution in [1.82, 2.24) is 5.32 Å². The molecule has 7 nitrogen and oxygen atoms in total. The van der Waals surface area contributed by atoms with E-state index in [1.165, 1.54) is 31.4 Å². The molecule has 0 aromatic heterocycles. The third kappa shape index (κ3) is 5.21. The van der Waals surface area contributed by atoms with Gasteiger partial charge in [0.15, 0.2) is 0 Å². The van der Waals surface area contributed by atoms with Gasteiger partial charge in [0.05, 0.1) is 17.7 Å². The molecule has 0 atom stereocenters. The molecule has 0 spiro atoms. The summed E-state index contributed by atoms with van der Waals surface area (Å²) in [5, 5.41) is 2.77. The molecular weight excluding hydrogens is 354 g/mol. The Labute approximate surface area is 153 Å². The molecule has 0 saturated heterocycles. The maximum atomic E-state index is 12.5.